The lowest BCUT2D eigenvalue weighted by molar-refractivity contribution is -0.149. The van der Waals surface area contributed by atoms with Gasteiger partial charge in [-0.25, -0.2) is 9.78 Å². The molecule has 0 saturated carbocycles. The fourth-order valence-corrected chi connectivity index (χ4v) is 4.34. The number of anilines is 1. The van der Waals surface area contributed by atoms with Gasteiger partial charge in [0.05, 0.1) is 18.4 Å². The number of esters is 1. The fourth-order valence-electron chi connectivity index (χ4n) is 3.13. The third kappa shape index (κ3) is 7.56. The van der Waals surface area contributed by atoms with Crippen LogP contribution in [-0.2, 0) is 14.3 Å². The van der Waals surface area contributed by atoms with Crippen LogP contribution in [0.25, 0.3) is 11.3 Å². The van der Waals surface area contributed by atoms with Crippen LogP contribution in [0.2, 0.25) is 0 Å². The van der Waals surface area contributed by atoms with E-state index in [0.717, 1.165) is 16.8 Å². The van der Waals surface area contributed by atoms with Crippen molar-refractivity contribution in [2.75, 3.05) is 31.0 Å². The Hall–Kier alpha value is -3.37. The first-order valence-corrected chi connectivity index (χ1v) is 13.1. The van der Waals surface area contributed by atoms with Gasteiger partial charge in [0.25, 0.3) is 11.8 Å². The van der Waals surface area contributed by atoms with E-state index in [4.69, 9.17) is 9.47 Å². The van der Waals surface area contributed by atoms with Crippen molar-refractivity contribution in [2.24, 2.45) is 0 Å². The highest BCUT2D eigenvalue weighted by molar-refractivity contribution is 7.98. The molecule has 0 bridgehead atoms. The van der Waals surface area contributed by atoms with Gasteiger partial charge in [-0.15, -0.1) is 11.3 Å². The molecule has 3 rings (SSSR count). The van der Waals surface area contributed by atoms with Gasteiger partial charge in [-0.2, -0.15) is 11.8 Å². The van der Waals surface area contributed by atoms with Gasteiger partial charge in [-0.1, -0.05) is 42.0 Å². The van der Waals surface area contributed by atoms with Crippen LogP contribution >= 0.6 is 23.1 Å². The lowest BCUT2D eigenvalue weighted by Crippen LogP contribution is -2.43. The Balaban J connectivity index is 1.56. The van der Waals surface area contributed by atoms with E-state index in [2.05, 4.69) is 15.6 Å². The van der Waals surface area contributed by atoms with Crippen LogP contribution in [0.4, 0.5) is 5.13 Å². The number of hydrogen-bond acceptors (Lipinski definition) is 8. The molecule has 3 aromatic rings. The van der Waals surface area contributed by atoms with Crippen molar-refractivity contribution in [3.05, 3.63) is 65.0 Å². The maximum absolute atomic E-state index is 12.7. The summed E-state index contributed by atoms with van der Waals surface area (Å²) in [6.45, 7) is 1.52. The van der Waals surface area contributed by atoms with Gasteiger partial charge < -0.3 is 14.8 Å². The largest absolute Gasteiger partial charge is 0.496 e. The number of thioether (sulfide) groups is 1. The molecule has 0 aliphatic rings. The zero-order chi connectivity index (χ0) is 25.2. The molecule has 1 atom stereocenters. The number of benzene rings is 2. The summed E-state index contributed by atoms with van der Waals surface area (Å²) in [5.74, 6) is -0.630. The first-order chi connectivity index (χ1) is 16.9. The summed E-state index contributed by atoms with van der Waals surface area (Å²) in [5, 5.41) is 7.59. The van der Waals surface area contributed by atoms with E-state index in [1.54, 1.807) is 24.3 Å². The molecule has 1 aromatic heterocycles. The van der Waals surface area contributed by atoms with E-state index in [9.17, 15) is 14.4 Å². The van der Waals surface area contributed by atoms with Crippen LogP contribution in [0.5, 0.6) is 5.75 Å². The van der Waals surface area contributed by atoms with Crippen molar-refractivity contribution < 1.29 is 23.9 Å². The second kappa shape index (κ2) is 12.9. The Morgan fingerprint density at radius 2 is 1.86 bits per heavy atom. The molecule has 0 aliphatic heterocycles. The maximum Gasteiger partial charge on any atom is 0.329 e. The maximum atomic E-state index is 12.7. The van der Waals surface area contributed by atoms with Gasteiger partial charge in [-0.05, 0) is 37.5 Å². The number of para-hydroxylation sites is 1. The molecule has 0 saturated heterocycles. The van der Waals surface area contributed by atoms with E-state index in [0.29, 0.717) is 28.6 Å². The highest BCUT2D eigenvalue weighted by Crippen LogP contribution is 2.25. The number of carbonyl (C=O) groups excluding carboxylic acids is 3. The third-order valence-electron chi connectivity index (χ3n) is 5.00. The van der Waals surface area contributed by atoms with Gasteiger partial charge in [0.15, 0.2) is 11.7 Å². The van der Waals surface area contributed by atoms with Crippen LogP contribution < -0.4 is 15.4 Å². The second-order valence-corrected chi connectivity index (χ2v) is 9.41. The molecule has 0 spiro atoms. The normalized spacial score (nSPS) is 11.4. The van der Waals surface area contributed by atoms with E-state index in [1.807, 2.05) is 42.8 Å². The van der Waals surface area contributed by atoms with Crippen LogP contribution in [0.15, 0.2) is 53.9 Å². The van der Waals surface area contributed by atoms with Crippen LogP contribution in [0, 0.1) is 6.92 Å². The summed E-state index contributed by atoms with van der Waals surface area (Å²) < 4.78 is 10.4. The molecule has 8 nitrogen and oxygen atoms in total. The molecule has 1 heterocycles. The molecule has 35 heavy (non-hydrogen) atoms. The monoisotopic (exact) mass is 513 g/mol. The first-order valence-electron chi connectivity index (χ1n) is 10.8. The standard InChI is InChI=1S/C25H27N3O5S2/c1-16-8-10-17(11-9-16)20-15-35-25(27-20)28-22(29)14-33-24(31)19(12-13-34-3)26-23(30)18-6-4-5-7-21(18)32-2/h4-11,15,19H,12-14H2,1-3H3,(H,26,30)(H,27,28,29)/t19-/m1/s1. The molecule has 184 valence electrons. The Bertz CT molecular complexity index is 1160. The van der Waals surface area contributed by atoms with Crippen molar-refractivity contribution in [3.63, 3.8) is 0 Å². The van der Waals surface area contributed by atoms with Crippen molar-refractivity contribution in [2.45, 2.75) is 19.4 Å². The number of ether oxygens (including phenoxy) is 2. The predicted octanol–water partition coefficient (Wildman–Crippen LogP) is 4.16. The van der Waals surface area contributed by atoms with E-state index < -0.39 is 30.4 Å². The number of aryl methyl sites for hydroxylation is 1. The first kappa shape index (κ1) is 26.2. The van der Waals surface area contributed by atoms with Crippen LogP contribution in [0.3, 0.4) is 0 Å². The topological polar surface area (TPSA) is 107 Å². The molecule has 2 N–H and O–H groups in total. The number of aromatic nitrogens is 1. The minimum Gasteiger partial charge on any atom is -0.496 e. The molecular weight excluding hydrogens is 486 g/mol. The lowest BCUT2D eigenvalue weighted by atomic mass is 10.1. The molecular formula is C25H27N3O5S2. The predicted molar refractivity (Wildman–Crippen MR) is 139 cm³/mol. The summed E-state index contributed by atoms with van der Waals surface area (Å²) in [6.07, 6.45) is 2.26. The zero-order valence-corrected chi connectivity index (χ0v) is 21.3. The number of nitrogens with zero attached hydrogens (tertiary/aromatic N) is 1. The number of methoxy groups -OCH3 is 1. The minimum atomic E-state index is -0.902. The summed E-state index contributed by atoms with van der Waals surface area (Å²) in [6, 6.07) is 13.7. The quantitative estimate of drug-likeness (QED) is 0.371. The van der Waals surface area contributed by atoms with Crippen molar-refractivity contribution in [1.29, 1.82) is 0 Å². The van der Waals surface area contributed by atoms with Crippen molar-refractivity contribution >= 4 is 46.0 Å². The number of hydrogen-bond donors (Lipinski definition) is 2. The van der Waals surface area contributed by atoms with Gasteiger partial charge in [-0.3, -0.25) is 14.9 Å². The van der Waals surface area contributed by atoms with Crippen LogP contribution in [-0.4, -0.2) is 54.5 Å². The number of nitrogens with one attached hydrogen (secondary N) is 2. The van der Waals surface area contributed by atoms with Gasteiger partial charge in [0.1, 0.15) is 11.8 Å². The van der Waals surface area contributed by atoms with E-state index in [1.165, 1.54) is 30.2 Å². The molecule has 0 fully saturated rings. The van der Waals surface area contributed by atoms with Crippen molar-refractivity contribution in [1.82, 2.24) is 10.3 Å². The number of thiazole rings is 1. The summed E-state index contributed by atoms with van der Waals surface area (Å²) >= 11 is 2.82. The van der Waals surface area contributed by atoms with E-state index in [-0.39, 0.29) is 0 Å². The number of amides is 2. The minimum absolute atomic E-state index is 0.308. The summed E-state index contributed by atoms with van der Waals surface area (Å²) in [7, 11) is 1.47. The Morgan fingerprint density at radius 3 is 2.57 bits per heavy atom. The zero-order valence-electron chi connectivity index (χ0n) is 19.7. The molecule has 0 aliphatic carbocycles. The van der Waals surface area contributed by atoms with Gasteiger partial charge in [0.2, 0.25) is 0 Å². The Kier molecular flexibility index (Phi) is 9.68. The molecule has 0 unspecified atom stereocenters. The van der Waals surface area contributed by atoms with Gasteiger partial charge >= 0.3 is 5.97 Å². The van der Waals surface area contributed by atoms with Crippen molar-refractivity contribution in [3.8, 4) is 17.0 Å². The van der Waals surface area contributed by atoms with Gasteiger partial charge in [0, 0.05) is 10.9 Å². The van der Waals surface area contributed by atoms with Crippen LogP contribution in [0.1, 0.15) is 22.3 Å². The SMILES string of the molecule is COc1ccccc1C(=O)N[C@H](CCSC)C(=O)OCC(=O)Nc1nc(-c2ccc(C)cc2)cs1. The number of carbonyl (C=O) groups is 3. The second-order valence-electron chi connectivity index (χ2n) is 7.57. The smallest absolute Gasteiger partial charge is 0.329 e. The van der Waals surface area contributed by atoms with E-state index >= 15 is 0 Å². The summed E-state index contributed by atoms with van der Waals surface area (Å²) in [5.41, 5.74) is 3.15. The molecule has 2 amide bonds. The number of rotatable bonds is 11. The fraction of sp³-hybridized carbons (Fsp3) is 0.280. The third-order valence-corrected chi connectivity index (χ3v) is 6.40. The highest BCUT2D eigenvalue weighted by Gasteiger charge is 2.24. The Labute approximate surface area is 212 Å². The average molecular weight is 514 g/mol. The molecule has 2 aromatic carbocycles. The lowest BCUT2D eigenvalue weighted by Gasteiger charge is -2.18. The Morgan fingerprint density at radius 1 is 1.11 bits per heavy atom. The molecule has 0 radical (unpaired) electrons. The average Bonchev–Trinajstić information content (AvgIpc) is 3.33. The molecule has 10 heteroatoms. The summed E-state index contributed by atoms with van der Waals surface area (Å²) in [4.78, 5) is 42.2. The highest BCUT2D eigenvalue weighted by atomic mass is 32.2.